The largest absolute Gasteiger partial charge is 0.496 e. The molecule has 1 aromatic carbocycles. The van der Waals surface area contributed by atoms with Gasteiger partial charge in [0.15, 0.2) is 5.82 Å². The molecule has 7 heteroatoms. The van der Waals surface area contributed by atoms with Gasteiger partial charge in [-0.1, -0.05) is 32.9 Å². The SMILES string of the molecule is CN=CC(=C(C)N)c1ccc(Cc2ncc3ccnc(NCC(C)(C)C)c3n2)c(OC)c1. The number of hydrogen-bond donors (Lipinski definition) is 2. The zero-order chi connectivity index (χ0) is 23.3. The second-order valence-corrected chi connectivity index (χ2v) is 8.99. The first-order chi connectivity index (χ1) is 15.2. The van der Waals surface area contributed by atoms with Gasteiger partial charge in [0, 0.05) is 60.8 Å². The molecule has 168 valence electrons. The van der Waals surface area contributed by atoms with Crippen molar-refractivity contribution in [1.29, 1.82) is 0 Å². The van der Waals surface area contributed by atoms with E-state index in [1.165, 1.54) is 0 Å². The number of ether oxygens (including phenoxy) is 1. The van der Waals surface area contributed by atoms with Gasteiger partial charge in [0.25, 0.3) is 0 Å². The van der Waals surface area contributed by atoms with Gasteiger partial charge >= 0.3 is 0 Å². The highest BCUT2D eigenvalue weighted by Gasteiger charge is 2.14. The molecule has 7 nitrogen and oxygen atoms in total. The quantitative estimate of drug-likeness (QED) is 0.535. The van der Waals surface area contributed by atoms with Crippen LogP contribution in [-0.4, -0.2) is 41.9 Å². The lowest BCUT2D eigenvalue weighted by Gasteiger charge is -2.19. The van der Waals surface area contributed by atoms with Crippen LogP contribution in [0.2, 0.25) is 0 Å². The van der Waals surface area contributed by atoms with Crippen molar-refractivity contribution in [3.8, 4) is 5.75 Å². The molecule has 2 heterocycles. The van der Waals surface area contributed by atoms with Crippen molar-refractivity contribution in [3.63, 3.8) is 0 Å². The Balaban J connectivity index is 1.94. The molecule has 0 aliphatic carbocycles. The molecule has 2 aromatic heterocycles. The van der Waals surface area contributed by atoms with Crippen LogP contribution in [0.1, 0.15) is 44.6 Å². The average Bonchev–Trinajstić information content (AvgIpc) is 2.75. The van der Waals surface area contributed by atoms with E-state index in [0.717, 1.165) is 45.7 Å². The number of fused-ring (bicyclic) bond motifs is 1. The van der Waals surface area contributed by atoms with E-state index < -0.39 is 0 Å². The highest BCUT2D eigenvalue weighted by Crippen LogP contribution is 2.27. The normalized spacial score (nSPS) is 12.8. The highest BCUT2D eigenvalue weighted by molar-refractivity contribution is 6.10. The number of nitrogens with zero attached hydrogens (tertiary/aromatic N) is 4. The predicted octanol–water partition coefficient (Wildman–Crippen LogP) is 4.47. The number of benzene rings is 1. The Morgan fingerprint density at radius 2 is 2.00 bits per heavy atom. The maximum absolute atomic E-state index is 6.04. The molecule has 0 unspecified atom stereocenters. The van der Waals surface area contributed by atoms with Gasteiger partial charge in [0.2, 0.25) is 0 Å². The third-order valence-electron chi connectivity index (χ3n) is 4.96. The Labute approximate surface area is 189 Å². The van der Waals surface area contributed by atoms with Crippen LogP contribution >= 0.6 is 0 Å². The van der Waals surface area contributed by atoms with Crippen molar-refractivity contribution < 1.29 is 4.74 Å². The minimum atomic E-state index is 0.131. The summed E-state index contributed by atoms with van der Waals surface area (Å²) in [5, 5.41) is 4.38. The molecule has 0 saturated carbocycles. The fourth-order valence-electron chi connectivity index (χ4n) is 3.32. The van der Waals surface area contributed by atoms with E-state index in [1.807, 2.05) is 37.4 Å². The smallest absolute Gasteiger partial charge is 0.152 e. The molecule has 0 fully saturated rings. The molecule has 0 aliphatic rings. The molecule has 3 N–H and O–H groups in total. The number of nitrogens with one attached hydrogen (secondary N) is 1. The molecule has 0 aliphatic heterocycles. The first-order valence-electron chi connectivity index (χ1n) is 10.6. The zero-order valence-corrected chi connectivity index (χ0v) is 19.7. The van der Waals surface area contributed by atoms with E-state index in [1.54, 1.807) is 26.6 Å². The Kier molecular flexibility index (Phi) is 7.08. The van der Waals surface area contributed by atoms with Gasteiger partial charge in [-0.3, -0.25) is 4.99 Å². The van der Waals surface area contributed by atoms with Crippen LogP contribution in [0.5, 0.6) is 5.75 Å². The van der Waals surface area contributed by atoms with Crippen LogP contribution in [0.25, 0.3) is 16.5 Å². The summed E-state index contributed by atoms with van der Waals surface area (Å²) in [6.07, 6.45) is 5.92. The lowest BCUT2D eigenvalue weighted by molar-refractivity contribution is 0.410. The summed E-state index contributed by atoms with van der Waals surface area (Å²) >= 11 is 0. The monoisotopic (exact) mass is 432 g/mol. The summed E-state index contributed by atoms with van der Waals surface area (Å²) < 4.78 is 5.67. The number of allylic oxidation sites excluding steroid dienone is 2. The molecule has 0 amide bonds. The second kappa shape index (κ2) is 9.77. The number of rotatable bonds is 7. The van der Waals surface area contributed by atoms with E-state index in [2.05, 4.69) is 41.0 Å². The van der Waals surface area contributed by atoms with Crippen molar-refractivity contribution in [2.24, 2.45) is 16.1 Å². The van der Waals surface area contributed by atoms with Crippen LogP contribution in [0.15, 0.2) is 47.3 Å². The maximum atomic E-state index is 6.04. The van der Waals surface area contributed by atoms with Crippen LogP contribution in [0.4, 0.5) is 5.82 Å². The molecular weight excluding hydrogens is 400 g/mol. The first kappa shape index (κ1) is 23.2. The summed E-state index contributed by atoms with van der Waals surface area (Å²) in [7, 11) is 3.39. The van der Waals surface area contributed by atoms with Crippen molar-refractivity contribution in [2.45, 2.75) is 34.1 Å². The molecular formula is C25H32N6O. The summed E-state index contributed by atoms with van der Waals surface area (Å²) in [6, 6.07) is 7.94. The molecule has 3 rings (SSSR count). The fourth-order valence-corrected chi connectivity index (χ4v) is 3.32. The Morgan fingerprint density at radius 3 is 2.66 bits per heavy atom. The number of methoxy groups -OCH3 is 1. The topological polar surface area (TPSA) is 98.3 Å². The third kappa shape index (κ3) is 5.60. The van der Waals surface area contributed by atoms with Crippen LogP contribution < -0.4 is 15.8 Å². The Hall–Kier alpha value is -3.48. The van der Waals surface area contributed by atoms with Gasteiger partial charge in [-0.25, -0.2) is 15.0 Å². The molecule has 32 heavy (non-hydrogen) atoms. The van der Waals surface area contributed by atoms with E-state index in [9.17, 15) is 0 Å². The Morgan fingerprint density at radius 1 is 1.22 bits per heavy atom. The van der Waals surface area contributed by atoms with E-state index in [4.69, 9.17) is 15.5 Å². The summed E-state index contributed by atoms with van der Waals surface area (Å²) in [6.45, 7) is 9.20. The van der Waals surface area contributed by atoms with Gasteiger partial charge < -0.3 is 15.8 Å². The average molecular weight is 433 g/mol. The molecule has 0 spiro atoms. The zero-order valence-electron chi connectivity index (χ0n) is 19.7. The van der Waals surface area contributed by atoms with Crippen molar-refractivity contribution >= 4 is 28.5 Å². The third-order valence-corrected chi connectivity index (χ3v) is 4.96. The second-order valence-electron chi connectivity index (χ2n) is 8.99. The van der Waals surface area contributed by atoms with Gasteiger partial charge in [-0.15, -0.1) is 0 Å². The van der Waals surface area contributed by atoms with Gasteiger partial charge in [-0.2, -0.15) is 0 Å². The number of anilines is 1. The van der Waals surface area contributed by atoms with Gasteiger partial charge in [0.05, 0.1) is 7.11 Å². The number of pyridine rings is 1. The molecule has 0 saturated heterocycles. The van der Waals surface area contributed by atoms with Crippen LogP contribution in [0, 0.1) is 5.41 Å². The van der Waals surface area contributed by atoms with Crippen molar-refractivity contribution in [3.05, 3.63) is 59.3 Å². The number of aliphatic imine (C=N–C) groups is 1. The molecule has 0 bridgehead atoms. The van der Waals surface area contributed by atoms with E-state index >= 15 is 0 Å². The van der Waals surface area contributed by atoms with Gasteiger partial charge in [-0.05, 0) is 30.0 Å². The first-order valence-corrected chi connectivity index (χ1v) is 10.6. The minimum Gasteiger partial charge on any atom is -0.496 e. The standard InChI is InChI=1S/C25H32N6O/c1-16(26)20(14-27-5)17-7-8-18(21(11-17)32-6)12-22-29-13-19-9-10-28-24(23(19)31-22)30-15-25(2,3)4/h7-11,13-14H,12,15,26H2,1-6H3,(H,28,30). The van der Waals surface area contributed by atoms with Gasteiger partial charge in [0.1, 0.15) is 17.1 Å². The lowest BCUT2D eigenvalue weighted by atomic mass is 9.97. The van der Waals surface area contributed by atoms with E-state index in [0.29, 0.717) is 17.9 Å². The predicted molar refractivity (Wildman–Crippen MR) is 132 cm³/mol. The minimum absolute atomic E-state index is 0.131. The molecule has 3 aromatic rings. The van der Waals surface area contributed by atoms with Crippen molar-refractivity contribution in [1.82, 2.24) is 15.0 Å². The van der Waals surface area contributed by atoms with Crippen LogP contribution in [0.3, 0.4) is 0 Å². The maximum Gasteiger partial charge on any atom is 0.152 e. The summed E-state index contributed by atoms with van der Waals surface area (Å²) in [5.74, 6) is 2.23. The number of hydrogen-bond acceptors (Lipinski definition) is 7. The lowest BCUT2D eigenvalue weighted by Crippen LogP contribution is -2.19. The van der Waals surface area contributed by atoms with E-state index in [-0.39, 0.29) is 5.41 Å². The van der Waals surface area contributed by atoms with Crippen molar-refractivity contribution in [2.75, 3.05) is 26.0 Å². The highest BCUT2D eigenvalue weighted by atomic mass is 16.5. The number of aromatic nitrogens is 3. The molecule has 0 radical (unpaired) electrons. The summed E-state index contributed by atoms with van der Waals surface area (Å²) in [5.41, 5.74) is 10.5. The fraction of sp³-hybridized carbons (Fsp3) is 0.360. The molecule has 0 atom stereocenters. The number of nitrogens with two attached hydrogens (primary N) is 1. The summed E-state index contributed by atoms with van der Waals surface area (Å²) in [4.78, 5) is 18.0. The van der Waals surface area contributed by atoms with Crippen LogP contribution in [-0.2, 0) is 6.42 Å². The Bertz CT molecular complexity index is 1160.